The van der Waals surface area contributed by atoms with E-state index in [2.05, 4.69) is 0 Å². The van der Waals surface area contributed by atoms with Crippen LogP contribution in [-0.4, -0.2) is 7.11 Å². The second kappa shape index (κ2) is 3.82. The molecule has 72 valence electrons. The number of anilines is 1. The molecule has 0 bridgehead atoms. The molecule has 0 unspecified atom stereocenters. The van der Waals surface area contributed by atoms with Gasteiger partial charge in [-0.05, 0) is 12.5 Å². The van der Waals surface area contributed by atoms with Crippen LogP contribution in [0.5, 0.6) is 5.75 Å². The standard InChI is InChI=1S/C8H8Cl3NO/c1-3-4(9)6(11)8(13-2)7(12)5(3)10/h12H2,1-2H3. The molecule has 0 saturated heterocycles. The first-order chi connectivity index (χ1) is 6.00. The van der Waals surface area contributed by atoms with Crippen LogP contribution in [0.25, 0.3) is 0 Å². The van der Waals surface area contributed by atoms with E-state index in [0.29, 0.717) is 32.1 Å². The third-order valence-electron chi connectivity index (χ3n) is 1.74. The zero-order valence-electron chi connectivity index (χ0n) is 7.12. The van der Waals surface area contributed by atoms with Crippen LogP contribution in [-0.2, 0) is 0 Å². The lowest BCUT2D eigenvalue weighted by Gasteiger charge is -2.12. The summed E-state index contributed by atoms with van der Waals surface area (Å²) < 4.78 is 4.97. The molecule has 0 heterocycles. The van der Waals surface area contributed by atoms with Gasteiger partial charge in [0.2, 0.25) is 0 Å². The Bertz CT molecular complexity index is 323. The highest BCUT2D eigenvalue weighted by atomic mass is 35.5. The first kappa shape index (κ1) is 10.8. The summed E-state index contributed by atoms with van der Waals surface area (Å²) in [6.07, 6.45) is 0. The average molecular weight is 241 g/mol. The van der Waals surface area contributed by atoms with Gasteiger partial charge in [0, 0.05) is 0 Å². The van der Waals surface area contributed by atoms with Crippen molar-refractivity contribution >= 4 is 40.5 Å². The van der Waals surface area contributed by atoms with Gasteiger partial charge < -0.3 is 10.5 Å². The van der Waals surface area contributed by atoms with Gasteiger partial charge in [-0.3, -0.25) is 0 Å². The zero-order valence-corrected chi connectivity index (χ0v) is 9.39. The molecule has 0 atom stereocenters. The topological polar surface area (TPSA) is 35.2 Å². The summed E-state index contributed by atoms with van der Waals surface area (Å²) >= 11 is 17.7. The molecule has 2 N–H and O–H groups in total. The molecule has 1 aromatic rings. The summed E-state index contributed by atoms with van der Waals surface area (Å²) in [7, 11) is 1.46. The minimum absolute atomic E-state index is 0.295. The number of benzene rings is 1. The predicted octanol–water partition coefficient (Wildman–Crippen LogP) is 3.55. The summed E-state index contributed by atoms with van der Waals surface area (Å²) in [5.41, 5.74) is 6.64. The molecule has 0 aliphatic rings. The lowest BCUT2D eigenvalue weighted by molar-refractivity contribution is 0.417. The lowest BCUT2D eigenvalue weighted by Crippen LogP contribution is -1.97. The van der Waals surface area contributed by atoms with E-state index in [-0.39, 0.29) is 0 Å². The van der Waals surface area contributed by atoms with Crippen molar-refractivity contribution in [2.45, 2.75) is 6.92 Å². The Morgan fingerprint density at radius 2 is 1.62 bits per heavy atom. The Morgan fingerprint density at radius 1 is 1.08 bits per heavy atom. The molecule has 0 aliphatic carbocycles. The second-order valence-electron chi connectivity index (χ2n) is 2.51. The van der Waals surface area contributed by atoms with E-state index < -0.39 is 0 Å². The van der Waals surface area contributed by atoms with Gasteiger partial charge in [-0.1, -0.05) is 34.8 Å². The smallest absolute Gasteiger partial charge is 0.163 e. The maximum atomic E-state index is 5.89. The van der Waals surface area contributed by atoms with Crippen LogP contribution in [0.15, 0.2) is 0 Å². The fraction of sp³-hybridized carbons (Fsp3) is 0.250. The van der Waals surface area contributed by atoms with Crippen molar-refractivity contribution < 1.29 is 4.74 Å². The Labute approximate surface area is 91.5 Å². The highest BCUT2D eigenvalue weighted by Gasteiger charge is 2.17. The van der Waals surface area contributed by atoms with Gasteiger partial charge in [0.1, 0.15) is 5.02 Å². The van der Waals surface area contributed by atoms with E-state index >= 15 is 0 Å². The van der Waals surface area contributed by atoms with Crippen LogP contribution in [0.1, 0.15) is 5.56 Å². The van der Waals surface area contributed by atoms with Crippen LogP contribution < -0.4 is 10.5 Å². The van der Waals surface area contributed by atoms with E-state index in [1.54, 1.807) is 6.92 Å². The van der Waals surface area contributed by atoms with Gasteiger partial charge in [-0.25, -0.2) is 0 Å². The highest BCUT2D eigenvalue weighted by molar-refractivity contribution is 6.46. The molecule has 1 rings (SSSR count). The second-order valence-corrected chi connectivity index (χ2v) is 3.65. The SMILES string of the molecule is COc1c(N)c(Cl)c(C)c(Cl)c1Cl. The van der Waals surface area contributed by atoms with Crippen molar-refractivity contribution in [2.75, 3.05) is 12.8 Å². The van der Waals surface area contributed by atoms with Crippen molar-refractivity contribution in [1.29, 1.82) is 0 Å². The van der Waals surface area contributed by atoms with Crippen LogP contribution in [0.3, 0.4) is 0 Å². The summed E-state index contributed by atoms with van der Waals surface area (Å²) in [6, 6.07) is 0. The van der Waals surface area contributed by atoms with Crippen molar-refractivity contribution in [1.82, 2.24) is 0 Å². The average Bonchev–Trinajstić information content (AvgIpc) is 2.13. The fourth-order valence-corrected chi connectivity index (χ4v) is 1.71. The van der Waals surface area contributed by atoms with E-state index in [1.165, 1.54) is 7.11 Å². The molecule has 0 fully saturated rings. The number of nitrogen functional groups attached to an aromatic ring is 1. The van der Waals surface area contributed by atoms with Crippen LogP contribution in [0, 0.1) is 6.92 Å². The molecule has 2 nitrogen and oxygen atoms in total. The van der Waals surface area contributed by atoms with E-state index in [4.69, 9.17) is 45.3 Å². The summed E-state index contributed by atoms with van der Waals surface area (Å²) in [5, 5.41) is 1.05. The zero-order chi connectivity index (χ0) is 10.2. The third kappa shape index (κ3) is 1.66. The van der Waals surface area contributed by atoms with E-state index in [9.17, 15) is 0 Å². The van der Waals surface area contributed by atoms with Gasteiger partial charge in [-0.15, -0.1) is 0 Å². The first-order valence-electron chi connectivity index (χ1n) is 3.47. The van der Waals surface area contributed by atoms with Gasteiger partial charge in [0.15, 0.2) is 5.75 Å². The van der Waals surface area contributed by atoms with Gasteiger partial charge >= 0.3 is 0 Å². The molecule has 1 aromatic carbocycles. The molecule has 0 amide bonds. The van der Waals surface area contributed by atoms with Gasteiger partial charge in [0.25, 0.3) is 0 Å². The molecular weight excluding hydrogens is 232 g/mol. The summed E-state index contributed by atoms with van der Waals surface area (Å²) in [5.74, 6) is 0.322. The largest absolute Gasteiger partial charge is 0.493 e. The molecule has 13 heavy (non-hydrogen) atoms. The monoisotopic (exact) mass is 239 g/mol. The number of methoxy groups -OCH3 is 1. The molecule has 0 aromatic heterocycles. The third-order valence-corrected chi connectivity index (χ3v) is 3.15. The molecule has 5 heteroatoms. The van der Waals surface area contributed by atoms with Crippen molar-refractivity contribution in [3.63, 3.8) is 0 Å². The van der Waals surface area contributed by atoms with E-state index in [0.717, 1.165) is 0 Å². The minimum Gasteiger partial charge on any atom is -0.493 e. The normalized spacial score (nSPS) is 10.2. The fourth-order valence-electron chi connectivity index (χ4n) is 0.980. The number of hydrogen-bond acceptors (Lipinski definition) is 2. The summed E-state index contributed by atoms with van der Waals surface area (Å²) in [4.78, 5) is 0. The Morgan fingerprint density at radius 3 is 2.08 bits per heavy atom. The summed E-state index contributed by atoms with van der Waals surface area (Å²) in [6.45, 7) is 1.74. The minimum atomic E-state index is 0.295. The maximum Gasteiger partial charge on any atom is 0.163 e. The van der Waals surface area contributed by atoms with Crippen LogP contribution in [0.4, 0.5) is 5.69 Å². The van der Waals surface area contributed by atoms with E-state index in [1.807, 2.05) is 0 Å². The molecule has 0 saturated carbocycles. The Hall–Kier alpha value is -0.310. The highest BCUT2D eigenvalue weighted by Crippen LogP contribution is 2.44. The van der Waals surface area contributed by atoms with Crippen molar-refractivity contribution in [2.24, 2.45) is 0 Å². The number of nitrogens with two attached hydrogens (primary N) is 1. The number of rotatable bonds is 1. The molecule has 0 aliphatic heterocycles. The quantitative estimate of drug-likeness (QED) is 0.602. The Kier molecular flexibility index (Phi) is 3.17. The van der Waals surface area contributed by atoms with Crippen LogP contribution in [0.2, 0.25) is 15.1 Å². The maximum absolute atomic E-state index is 5.89. The number of halogens is 3. The molecule has 0 spiro atoms. The number of hydrogen-bond donors (Lipinski definition) is 1. The van der Waals surface area contributed by atoms with Gasteiger partial charge in [0.05, 0.1) is 22.8 Å². The number of ether oxygens (including phenoxy) is 1. The molecular formula is C8H8Cl3NO. The lowest BCUT2D eigenvalue weighted by atomic mass is 10.2. The first-order valence-corrected chi connectivity index (χ1v) is 4.60. The Balaban J connectivity index is 3.56. The van der Waals surface area contributed by atoms with Gasteiger partial charge in [-0.2, -0.15) is 0 Å². The van der Waals surface area contributed by atoms with Crippen LogP contribution >= 0.6 is 34.8 Å². The van der Waals surface area contributed by atoms with Crippen molar-refractivity contribution in [3.05, 3.63) is 20.6 Å². The van der Waals surface area contributed by atoms with Crippen molar-refractivity contribution in [3.8, 4) is 5.75 Å². The predicted molar refractivity (Wildman–Crippen MR) is 57.2 cm³/mol. The molecule has 0 radical (unpaired) electrons.